The first-order chi connectivity index (χ1) is 48.6. The molecule has 33 heteroatoms. The predicted octanol–water partition coefficient (Wildman–Crippen LogP) is 14.1. The number of hydrogen-bond donors (Lipinski definition) is 4. The molecule has 548 valence electrons. The van der Waals surface area contributed by atoms with Crippen molar-refractivity contribution in [3.63, 3.8) is 0 Å². The zero-order valence-corrected chi connectivity index (χ0v) is 66.1. The molecular weight excluding hydrogens is 1680 g/mol. The number of methoxy groups -OCH3 is 3. The number of aromatic amines is 1. The summed E-state index contributed by atoms with van der Waals surface area (Å²) in [5.41, 5.74) is 21.5. The van der Waals surface area contributed by atoms with Crippen molar-refractivity contribution in [3.8, 4) is 22.7 Å². The number of fused-ring (bicyclic) bond motifs is 4. The van der Waals surface area contributed by atoms with Crippen LogP contribution in [0.15, 0.2) is 171 Å². The molecule has 0 amide bonds. The Labute approximate surface area is 674 Å². The van der Waals surface area contributed by atoms with Crippen molar-refractivity contribution in [3.05, 3.63) is 182 Å². The second kappa shape index (κ2) is 38.9. The fourth-order valence-electron chi connectivity index (χ4n) is 11.8. The first kappa shape index (κ1) is 84.8. The molecule has 23 nitrogen and oxygen atoms in total. The molecule has 0 bridgehead atoms. The number of rotatable bonds is 18. The second-order valence-electron chi connectivity index (χ2n) is 23.7. The summed E-state index contributed by atoms with van der Waals surface area (Å²) >= 11 is 20.9. The number of thioether (sulfide) groups is 3. The van der Waals surface area contributed by atoms with Crippen LogP contribution in [0.1, 0.15) is 106 Å². The van der Waals surface area contributed by atoms with Gasteiger partial charge >= 0.3 is 42.7 Å². The monoisotopic (exact) mass is 1750 g/mol. The number of carboxylic acids is 1. The third-order valence-corrected chi connectivity index (χ3v) is 21.3. The third kappa shape index (κ3) is 20.0. The Hall–Kier alpha value is -7.42. The van der Waals surface area contributed by atoms with Crippen molar-refractivity contribution < 1.29 is 69.0 Å². The average molecular weight is 1760 g/mol. The van der Waals surface area contributed by atoms with Gasteiger partial charge in [-0.05, 0) is 187 Å². The van der Waals surface area contributed by atoms with E-state index in [0.29, 0.717) is 65.3 Å². The second-order valence-corrected chi connectivity index (χ2v) is 28.6. The number of nitrogens with zero attached hydrogens (tertiary/aromatic N) is 11. The molecule has 105 heavy (non-hydrogen) atoms. The van der Waals surface area contributed by atoms with Gasteiger partial charge in [0.1, 0.15) is 5.88 Å². The van der Waals surface area contributed by atoms with Gasteiger partial charge in [0, 0.05) is 23.0 Å². The van der Waals surface area contributed by atoms with Gasteiger partial charge in [0.15, 0.2) is 15.5 Å². The van der Waals surface area contributed by atoms with Crippen LogP contribution in [0.3, 0.4) is 0 Å². The van der Waals surface area contributed by atoms with Crippen molar-refractivity contribution in [2.75, 3.05) is 55.9 Å². The van der Waals surface area contributed by atoms with Crippen LogP contribution >= 0.6 is 115 Å². The minimum atomic E-state index is -0.875. The first-order valence-electron chi connectivity index (χ1n) is 31.9. The fraction of sp³-hybridized carbons (Fsp3) is 0.278. The molecule has 4 aromatic heterocycles. The van der Waals surface area contributed by atoms with Crippen molar-refractivity contribution in [2.45, 2.75) is 97.9 Å². The number of anilines is 2. The number of hydrogen-bond acceptors (Lipinski definition) is 21. The molecule has 0 aliphatic heterocycles. The molecule has 16 rings (SSSR count). The normalized spacial score (nSPS) is 13.2. The number of carbonyl (C=O) groups excluding carboxylic acids is 3. The van der Waals surface area contributed by atoms with E-state index in [1.807, 2.05) is 33.4 Å². The van der Waals surface area contributed by atoms with Gasteiger partial charge in [-0.1, -0.05) is 164 Å². The van der Waals surface area contributed by atoms with E-state index in [0.717, 1.165) is 50.7 Å². The van der Waals surface area contributed by atoms with E-state index in [9.17, 15) is 19.2 Å². The summed E-state index contributed by atoms with van der Waals surface area (Å²) in [6.07, 6.45) is 10.1. The largest absolute Gasteiger partial charge is 1.00 e. The fourth-order valence-corrected chi connectivity index (χ4v) is 15.5. The molecule has 0 radical (unpaired) electrons. The first-order valence-corrected chi connectivity index (χ1v) is 37.4. The molecule has 0 atom stereocenters. The van der Waals surface area contributed by atoms with E-state index in [4.69, 9.17) is 49.9 Å². The van der Waals surface area contributed by atoms with Gasteiger partial charge in [0.25, 0.3) is 0 Å². The molecule has 4 saturated carbocycles. The molecule has 0 unspecified atom stereocenters. The minimum absolute atomic E-state index is 0. The summed E-state index contributed by atoms with van der Waals surface area (Å²) in [7, 11) is 4.05. The molecule has 4 aliphatic carbocycles. The number of nitrogens with two attached hydrogens (primary N) is 2. The summed E-state index contributed by atoms with van der Waals surface area (Å²) in [6.45, 7) is 0. The molecule has 8 aromatic carbocycles. The van der Waals surface area contributed by atoms with E-state index < -0.39 is 11.9 Å². The Morgan fingerprint density at radius 3 is 1.08 bits per heavy atom. The summed E-state index contributed by atoms with van der Waals surface area (Å²) in [4.78, 5) is 43.6. The number of H-pyrrole nitrogens is 1. The summed E-state index contributed by atoms with van der Waals surface area (Å²) in [6, 6.07) is 50.6. The Balaban J connectivity index is 0.000000212. The van der Waals surface area contributed by atoms with Crippen LogP contribution in [0.5, 0.6) is 0 Å². The number of alkyl halides is 1. The van der Waals surface area contributed by atoms with E-state index in [1.165, 1.54) is 145 Å². The molecular formula is C72H76Br2ClFILiN14O9S4. The van der Waals surface area contributed by atoms with Crippen LogP contribution in [-0.2, 0) is 33.4 Å². The minimum Gasteiger partial charge on any atom is -0.870 e. The quantitative estimate of drug-likeness (QED) is 0.0118. The Morgan fingerprint density at radius 1 is 0.495 bits per heavy atom. The van der Waals surface area contributed by atoms with Crippen LogP contribution in [0.2, 0.25) is 0 Å². The van der Waals surface area contributed by atoms with Crippen LogP contribution in [0, 0.1) is 4.77 Å². The maximum atomic E-state index is 11.5. The Kier molecular flexibility index (Phi) is 31.4. The number of carboxylic acid groups (broad SMARTS) is 1. The maximum absolute atomic E-state index is 11.5. The van der Waals surface area contributed by atoms with Crippen LogP contribution in [-0.4, -0.2) is 138 Å². The maximum Gasteiger partial charge on any atom is 1.00 e. The molecule has 4 fully saturated rings. The third-order valence-electron chi connectivity index (χ3n) is 17.1. The van der Waals surface area contributed by atoms with E-state index in [-0.39, 0.29) is 96.9 Å². The number of esters is 3. The van der Waals surface area contributed by atoms with Gasteiger partial charge in [-0.15, -0.1) is 71.3 Å². The molecule has 4 heterocycles. The molecule has 12 aromatic rings. The standard InChI is InChI=1S/C18H16BrN3O2S.C18H18N4O2S.C17H14BrN3O2S.C15H14N4S.C3H5ClO2.CH4.FH.HI.Li.H2O.H2/c2*1-24-16(23)10-25-18-21-20-17(19)22(18)15-9-8-12(11-6-7-11)13-4-2-3-5-14(13)15;18-16-19-20-17(24-9-15(22)23)21(16)14-8-7-11(10-5-6-10)12-3-1-2-4-13(12)14;16-14-17-18-15(20)19(14)13-8-7-10(9-5-6-9)11-3-1-2-4-12(11)13;1-6-3(5)2-4;;;;;;/h2-5,8-9,11H,6-7,10H2,1H3;2-5,8-9,11H,6-7,10H2,1H3,(H2,19,20);1-4,7-8,10H,5-6,9H2,(H,22,23);1-4,7-9H,5-6H2,(H2,16,17)(H,18,20);2H2,1H3;1H4;2*1H;;1H2;1H/q;;;;;;;;+1;;/p-1. The Bertz CT molecular complexity index is 4960. The number of ether oxygens (including phenoxy) is 3. The average Bonchev–Trinajstić information content (AvgIpc) is 1.59. The van der Waals surface area contributed by atoms with Gasteiger partial charge in [0.2, 0.25) is 26.1 Å². The van der Waals surface area contributed by atoms with Crippen molar-refractivity contribution >= 4 is 194 Å². The number of nitrogen functional groups attached to an aromatic ring is 2. The van der Waals surface area contributed by atoms with Gasteiger partial charge in [-0.2, -0.15) is 0 Å². The zero-order chi connectivity index (χ0) is 70.1. The van der Waals surface area contributed by atoms with Crippen molar-refractivity contribution in [1.82, 2.24) is 59.1 Å². The molecule has 0 spiro atoms. The number of halogens is 5. The molecule has 0 saturated heterocycles. The van der Waals surface area contributed by atoms with E-state index >= 15 is 0 Å². The number of nitrogens with one attached hydrogen (secondary N) is 1. The SMILES string of the molecule is C.COC(=O)CCl.COC(=O)CSc1nnc(Br)n1-c1ccc(C2CC2)c2ccccc12.COC(=O)CSc1nnc(N)n1-c1ccc(C2CC2)c2ccccc12.F.I.Nc1n[nH]c(=S)n1-c1ccc(C2CC2)c2ccccc12.O=C(O)CSc1nnc(Br)n1-c1ccc(C2CC2)c2ccccc12.[HH].[Li+].[OH-]. The summed E-state index contributed by atoms with van der Waals surface area (Å²) in [5, 5.41) is 51.7. The smallest absolute Gasteiger partial charge is 0.870 e. The van der Waals surface area contributed by atoms with Crippen LogP contribution < -0.4 is 30.3 Å². The topological polar surface area (TPSA) is 324 Å². The number of aromatic nitrogens is 12. The summed E-state index contributed by atoms with van der Waals surface area (Å²) < 4.78 is 22.6. The number of aliphatic carboxylic acids is 1. The molecule has 7 N–H and O–H groups in total. The van der Waals surface area contributed by atoms with E-state index in [1.54, 1.807) is 9.13 Å². The number of carbonyl (C=O) groups is 4. The summed E-state index contributed by atoms with van der Waals surface area (Å²) in [5.74, 6) is 1.77. The van der Waals surface area contributed by atoms with E-state index in [2.05, 4.69) is 199 Å². The zero-order valence-electron chi connectivity index (χ0n) is 56.6. The predicted molar refractivity (Wildman–Crippen MR) is 430 cm³/mol. The van der Waals surface area contributed by atoms with Gasteiger partial charge in [0.05, 0.1) is 61.3 Å². The van der Waals surface area contributed by atoms with Gasteiger partial charge < -0.3 is 36.3 Å². The van der Waals surface area contributed by atoms with Gasteiger partial charge in [-0.25, -0.2) is 5.10 Å². The molecule has 4 aliphatic rings. The van der Waals surface area contributed by atoms with Gasteiger partial charge in [-0.3, -0.25) is 42.2 Å². The van der Waals surface area contributed by atoms with Crippen molar-refractivity contribution in [1.29, 1.82) is 0 Å². The number of benzene rings is 8. The van der Waals surface area contributed by atoms with Crippen LogP contribution in [0.4, 0.5) is 16.6 Å². The Morgan fingerprint density at radius 2 is 0.790 bits per heavy atom. The van der Waals surface area contributed by atoms with Crippen LogP contribution in [0.25, 0.3) is 65.8 Å². The van der Waals surface area contributed by atoms with Crippen molar-refractivity contribution in [2.24, 2.45) is 0 Å².